The van der Waals surface area contributed by atoms with Gasteiger partial charge in [0.1, 0.15) is 0 Å². The monoisotopic (exact) mass is 222 g/mol. The number of nitrogens with one attached hydrogen (secondary N) is 1. The lowest BCUT2D eigenvalue weighted by Crippen LogP contribution is -2.32. The molecule has 1 fully saturated rings. The van der Waals surface area contributed by atoms with Gasteiger partial charge in [0.2, 0.25) is 5.43 Å². The minimum atomic E-state index is -0.306. The van der Waals surface area contributed by atoms with E-state index in [1.165, 1.54) is 25.1 Å². The van der Waals surface area contributed by atoms with Crippen molar-refractivity contribution in [2.75, 3.05) is 13.1 Å². The Kier molecular flexibility index (Phi) is 3.29. The van der Waals surface area contributed by atoms with Crippen molar-refractivity contribution in [1.82, 2.24) is 9.88 Å². The van der Waals surface area contributed by atoms with E-state index in [9.17, 15) is 4.79 Å². The summed E-state index contributed by atoms with van der Waals surface area (Å²) < 4.78 is 0. The first-order valence-corrected chi connectivity index (χ1v) is 5.78. The van der Waals surface area contributed by atoms with Crippen LogP contribution in [-0.4, -0.2) is 28.1 Å². The Hall–Kier alpha value is -1.29. The summed E-state index contributed by atoms with van der Waals surface area (Å²) in [5, 5.41) is 9.13. The largest absolute Gasteiger partial charge is 0.503 e. The van der Waals surface area contributed by atoms with Crippen LogP contribution in [0.25, 0.3) is 0 Å². The van der Waals surface area contributed by atoms with E-state index in [4.69, 9.17) is 5.11 Å². The first-order chi connectivity index (χ1) is 7.65. The lowest BCUT2D eigenvalue weighted by Gasteiger charge is -2.29. The SMILES string of the molecule is CC1CCN(Cc2cc(=O)c(O)c[nH]2)CC1. The summed E-state index contributed by atoms with van der Waals surface area (Å²) in [5.74, 6) is 0.603. The van der Waals surface area contributed by atoms with E-state index < -0.39 is 0 Å². The number of likely N-dealkylation sites (tertiary alicyclic amines) is 1. The molecular weight excluding hydrogens is 204 g/mol. The number of H-pyrrole nitrogens is 1. The van der Waals surface area contributed by atoms with Crippen molar-refractivity contribution >= 4 is 0 Å². The number of aromatic amines is 1. The highest BCUT2D eigenvalue weighted by Gasteiger charge is 2.15. The molecule has 1 saturated heterocycles. The van der Waals surface area contributed by atoms with Gasteiger partial charge in [-0.2, -0.15) is 0 Å². The van der Waals surface area contributed by atoms with E-state index in [0.717, 1.165) is 31.2 Å². The topological polar surface area (TPSA) is 56.3 Å². The molecule has 2 rings (SSSR count). The normalized spacial score (nSPS) is 18.8. The molecule has 88 valence electrons. The molecule has 0 saturated carbocycles. The Bertz CT molecular complexity index is 406. The number of nitrogens with zero attached hydrogens (tertiary/aromatic N) is 1. The highest BCUT2D eigenvalue weighted by molar-refractivity contribution is 5.18. The molecule has 16 heavy (non-hydrogen) atoms. The summed E-state index contributed by atoms with van der Waals surface area (Å²) in [5.41, 5.74) is 0.566. The number of pyridine rings is 1. The lowest BCUT2D eigenvalue weighted by atomic mass is 9.99. The summed E-state index contributed by atoms with van der Waals surface area (Å²) in [6.45, 7) is 5.22. The van der Waals surface area contributed by atoms with Crippen molar-refractivity contribution < 1.29 is 5.11 Å². The first kappa shape index (κ1) is 11.2. The van der Waals surface area contributed by atoms with Gasteiger partial charge in [-0.15, -0.1) is 0 Å². The van der Waals surface area contributed by atoms with Gasteiger partial charge in [0.05, 0.1) is 0 Å². The Morgan fingerprint density at radius 2 is 2.19 bits per heavy atom. The molecule has 1 aliphatic heterocycles. The van der Waals surface area contributed by atoms with Crippen LogP contribution in [0, 0.1) is 5.92 Å². The van der Waals surface area contributed by atoms with Gasteiger partial charge in [0, 0.05) is 24.5 Å². The maximum Gasteiger partial charge on any atom is 0.223 e. The molecule has 4 nitrogen and oxygen atoms in total. The highest BCUT2D eigenvalue weighted by Crippen LogP contribution is 2.17. The van der Waals surface area contributed by atoms with Gasteiger partial charge < -0.3 is 10.1 Å². The molecule has 2 heterocycles. The molecule has 4 heteroatoms. The lowest BCUT2D eigenvalue weighted by molar-refractivity contribution is 0.183. The summed E-state index contributed by atoms with van der Waals surface area (Å²) in [7, 11) is 0. The van der Waals surface area contributed by atoms with Crippen LogP contribution in [0.4, 0.5) is 0 Å². The Balaban J connectivity index is 1.99. The van der Waals surface area contributed by atoms with Crippen LogP contribution in [0.1, 0.15) is 25.5 Å². The zero-order valence-electron chi connectivity index (χ0n) is 9.57. The third-order valence-corrected chi connectivity index (χ3v) is 3.22. The van der Waals surface area contributed by atoms with Gasteiger partial charge in [-0.1, -0.05) is 6.92 Å². The van der Waals surface area contributed by atoms with Crippen molar-refractivity contribution in [2.45, 2.75) is 26.3 Å². The molecule has 0 amide bonds. The number of aromatic nitrogens is 1. The Morgan fingerprint density at radius 1 is 1.50 bits per heavy atom. The number of aromatic hydroxyl groups is 1. The van der Waals surface area contributed by atoms with Crippen LogP contribution in [-0.2, 0) is 6.54 Å². The Morgan fingerprint density at radius 3 is 2.81 bits per heavy atom. The predicted octanol–water partition coefficient (Wildman–Crippen LogP) is 1.31. The van der Waals surface area contributed by atoms with E-state index in [1.54, 1.807) is 0 Å². The Labute approximate surface area is 94.9 Å². The number of hydrogen-bond donors (Lipinski definition) is 2. The second-order valence-electron chi connectivity index (χ2n) is 4.67. The van der Waals surface area contributed by atoms with Crippen LogP contribution in [0.2, 0.25) is 0 Å². The van der Waals surface area contributed by atoms with Gasteiger partial charge in [0.15, 0.2) is 5.75 Å². The fraction of sp³-hybridized carbons (Fsp3) is 0.583. The van der Waals surface area contributed by atoms with Crippen molar-refractivity contribution in [3.05, 3.63) is 28.2 Å². The minimum absolute atomic E-state index is 0.212. The summed E-state index contributed by atoms with van der Waals surface area (Å²) >= 11 is 0. The molecule has 0 aromatic carbocycles. The fourth-order valence-corrected chi connectivity index (χ4v) is 2.06. The molecule has 1 aromatic heterocycles. The highest BCUT2D eigenvalue weighted by atomic mass is 16.3. The molecule has 0 atom stereocenters. The quantitative estimate of drug-likeness (QED) is 0.793. The minimum Gasteiger partial charge on any atom is -0.503 e. The van der Waals surface area contributed by atoms with Crippen molar-refractivity contribution in [3.8, 4) is 5.75 Å². The molecule has 2 N–H and O–H groups in total. The van der Waals surface area contributed by atoms with Gasteiger partial charge in [-0.3, -0.25) is 9.69 Å². The van der Waals surface area contributed by atoms with Crippen molar-refractivity contribution in [1.29, 1.82) is 0 Å². The third kappa shape index (κ3) is 2.64. The van der Waals surface area contributed by atoms with E-state index in [2.05, 4.69) is 16.8 Å². The van der Waals surface area contributed by atoms with E-state index >= 15 is 0 Å². The van der Waals surface area contributed by atoms with Crippen LogP contribution in [0.5, 0.6) is 5.75 Å². The van der Waals surface area contributed by atoms with Crippen molar-refractivity contribution in [2.24, 2.45) is 5.92 Å². The number of rotatable bonds is 2. The maximum atomic E-state index is 11.2. The van der Waals surface area contributed by atoms with Gasteiger partial charge in [-0.25, -0.2) is 0 Å². The van der Waals surface area contributed by atoms with Crippen LogP contribution in [0.15, 0.2) is 17.1 Å². The molecule has 0 aliphatic carbocycles. The number of hydrogen-bond acceptors (Lipinski definition) is 3. The maximum absolute atomic E-state index is 11.2. The van der Waals surface area contributed by atoms with E-state index in [0.29, 0.717) is 0 Å². The average Bonchev–Trinajstić information content (AvgIpc) is 2.27. The first-order valence-electron chi connectivity index (χ1n) is 5.78. The van der Waals surface area contributed by atoms with Gasteiger partial charge >= 0.3 is 0 Å². The molecule has 0 bridgehead atoms. The second-order valence-corrected chi connectivity index (χ2v) is 4.67. The van der Waals surface area contributed by atoms with Crippen LogP contribution >= 0.6 is 0 Å². The summed E-state index contributed by atoms with van der Waals surface area (Å²) in [6.07, 6.45) is 3.81. The van der Waals surface area contributed by atoms with Gasteiger partial charge in [0.25, 0.3) is 0 Å². The molecular formula is C12H18N2O2. The predicted molar refractivity (Wildman–Crippen MR) is 62.4 cm³/mol. The molecule has 0 unspecified atom stereocenters. The smallest absolute Gasteiger partial charge is 0.223 e. The zero-order valence-corrected chi connectivity index (χ0v) is 9.57. The standard InChI is InChI=1S/C12H18N2O2/c1-9-2-4-14(5-3-9)8-10-6-11(15)12(16)7-13-10/h6-7,9,16H,2-5,8H2,1H3,(H,13,15). The molecule has 0 spiro atoms. The van der Waals surface area contributed by atoms with E-state index in [-0.39, 0.29) is 11.2 Å². The summed E-state index contributed by atoms with van der Waals surface area (Å²) in [4.78, 5) is 16.5. The third-order valence-electron chi connectivity index (χ3n) is 3.22. The van der Waals surface area contributed by atoms with Crippen LogP contribution < -0.4 is 5.43 Å². The zero-order chi connectivity index (χ0) is 11.5. The number of piperidine rings is 1. The molecule has 1 aliphatic rings. The second kappa shape index (κ2) is 4.70. The van der Waals surface area contributed by atoms with Gasteiger partial charge in [-0.05, 0) is 31.8 Å². The van der Waals surface area contributed by atoms with E-state index in [1.807, 2.05) is 0 Å². The van der Waals surface area contributed by atoms with Crippen molar-refractivity contribution in [3.63, 3.8) is 0 Å². The molecule has 1 aromatic rings. The fourth-order valence-electron chi connectivity index (χ4n) is 2.06. The summed E-state index contributed by atoms with van der Waals surface area (Å²) in [6, 6.07) is 1.48. The van der Waals surface area contributed by atoms with Crippen LogP contribution in [0.3, 0.4) is 0 Å². The average molecular weight is 222 g/mol. The molecule has 0 radical (unpaired) electrons.